The molecule has 162 valence electrons. The molecule has 1 aliphatic heterocycles. The lowest BCUT2D eigenvalue weighted by Gasteiger charge is -2.29. The van der Waals surface area contributed by atoms with Gasteiger partial charge in [0.15, 0.2) is 11.5 Å². The van der Waals surface area contributed by atoms with Crippen molar-refractivity contribution < 1.29 is 38.1 Å². The van der Waals surface area contributed by atoms with Gasteiger partial charge in [-0.15, -0.1) is 0 Å². The third kappa shape index (κ3) is 5.03. The molecular weight excluding hydrogens is 404 g/mol. The van der Waals surface area contributed by atoms with Gasteiger partial charge in [-0.25, -0.2) is 9.59 Å². The van der Waals surface area contributed by atoms with Crippen LogP contribution in [0.5, 0.6) is 17.2 Å². The summed E-state index contributed by atoms with van der Waals surface area (Å²) in [6.07, 6.45) is 2.11. The maximum absolute atomic E-state index is 12.1. The first-order valence-electron chi connectivity index (χ1n) is 9.37. The zero-order chi connectivity index (χ0) is 22.6. The number of ether oxygens (including phenoxy) is 5. The topological polar surface area (TPSA) is 97.4 Å². The number of carbonyl (C=O) groups is 3. The number of esters is 2. The van der Waals surface area contributed by atoms with Crippen molar-refractivity contribution in [2.75, 3.05) is 14.2 Å². The highest BCUT2D eigenvalue weighted by molar-refractivity contribution is 6.18. The summed E-state index contributed by atoms with van der Waals surface area (Å²) < 4.78 is 26.7. The molecule has 1 heterocycles. The van der Waals surface area contributed by atoms with Gasteiger partial charge < -0.3 is 23.7 Å². The lowest BCUT2D eigenvalue weighted by atomic mass is 10.1. The van der Waals surface area contributed by atoms with Gasteiger partial charge in [-0.2, -0.15) is 0 Å². The van der Waals surface area contributed by atoms with E-state index >= 15 is 0 Å². The number of methoxy groups -OCH3 is 2. The second-order valence-corrected chi connectivity index (χ2v) is 7.12. The minimum Gasteiger partial charge on any atom is -0.496 e. The molecule has 1 saturated heterocycles. The number of aldehydes is 1. The zero-order valence-corrected chi connectivity index (χ0v) is 17.6. The predicted octanol–water partition coefficient (Wildman–Crippen LogP) is 3.31. The minimum atomic E-state index is -1.30. The third-order valence-corrected chi connectivity index (χ3v) is 4.44. The van der Waals surface area contributed by atoms with Crippen LogP contribution in [0.2, 0.25) is 0 Å². The summed E-state index contributed by atoms with van der Waals surface area (Å²) in [5, 5.41) is 0. The summed E-state index contributed by atoms with van der Waals surface area (Å²) in [5.41, 5.74) is 1.50. The van der Waals surface area contributed by atoms with Crippen LogP contribution in [-0.4, -0.2) is 38.2 Å². The molecule has 8 heteroatoms. The molecule has 0 aliphatic carbocycles. The smallest absolute Gasteiger partial charge is 0.348 e. The van der Waals surface area contributed by atoms with E-state index in [0.29, 0.717) is 33.9 Å². The van der Waals surface area contributed by atoms with E-state index in [2.05, 4.69) is 0 Å². The van der Waals surface area contributed by atoms with Gasteiger partial charge in [-0.3, -0.25) is 4.79 Å². The van der Waals surface area contributed by atoms with Gasteiger partial charge in [0, 0.05) is 25.0 Å². The van der Waals surface area contributed by atoms with Crippen molar-refractivity contribution in [3.8, 4) is 17.2 Å². The summed E-state index contributed by atoms with van der Waals surface area (Å²) in [6, 6.07) is 9.94. The Morgan fingerprint density at radius 3 is 2.10 bits per heavy atom. The molecule has 0 spiro atoms. The molecule has 3 rings (SSSR count). The lowest BCUT2D eigenvalue weighted by Crippen LogP contribution is -2.41. The van der Waals surface area contributed by atoms with E-state index in [1.807, 2.05) is 0 Å². The molecule has 0 aromatic heterocycles. The third-order valence-electron chi connectivity index (χ3n) is 4.44. The Bertz CT molecular complexity index is 1030. The molecule has 1 aliphatic rings. The second-order valence-electron chi connectivity index (χ2n) is 7.12. The van der Waals surface area contributed by atoms with Crippen LogP contribution < -0.4 is 14.2 Å². The fraction of sp³-hybridized carbons (Fsp3) is 0.261. The molecule has 0 atom stereocenters. The summed E-state index contributed by atoms with van der Waals surface area (Å²) in [5.74, 6) is -1.42. The number of benzene rings is 2. The van der Waals surface area contributed by atoms with Crippen molar-refractivity contribution in [1.29, 1.82) is 0 Å². The summed E-state index contributed by atoms with van der Waals surface area (Å²) >= 11 is 0. The van der Waals surface area contributed by atoms with E-state index in [-0.39, 0.29) is 12.2 Å². The quantitative estimate of drug-likeness (QED) is 0.288. The van der Waals surface area contributed by atoms with Gasteiger partial charge in [0.05, 0.1) is 14.2 Å². The van der Waals surface area contributed by atoms with Crippen molar-refractivity contribution in [3.63, 3.8) is 0 Å². The van der Waals surface area contributed by atoms with Crippen LogP contribution in [0, 0.1) is 0 Å². The first kappa shape index (κ1) is 21.9. The largest absolute Gasteiger partial charge is 0.496 e. The van der Waals surface area contributed by atoms with Crippen LogP contribution in [0.1, 0.15) is 35.3 Å². The van der Waals surface area contributed by atoms with E-state index < -0.39 is 17.7 Å². The Hall–Kier alpha value is -3.81. The van der Waals surface area contributed by atoms with Crippen molar-refractivity contribution >= 4 is 24.3 Å². The predicted molar refractivity (Wildman–Crippen MR) is 110 cm³/mol. The molecule has 0 bridgehead atoms. The number of rotatable bonds is 7. The highest BCUT2D eigenvalue weighted by atomic mass is 16.7. The molecule has 2 aromatic rings. The first-order valence-corrected chi connectivity index (χ1v) is 9.37. The summed E-state index contributed by atoms with van der Waals surface area (Å²) in [4.78, 5) is 35.3. The van der Waals surface area contributed by atoms with Crippen molar-refractivity contribution in [2.45, 2.75) is 26.2 Å². The van der Waals surface area contributed by atoms with Gasteiger partial charge in [-0.1, -0.05) is 6.07 Å². The van der Waals surface area contributed by atoms with Gasteiger partial charge in [-0.05, 0) is 42.0 Å². The van der Waals surface area contributed by atoms with Crippen molar-refractivity contribution in [1.82, 2.24) is 0 Å². The monoisotopic (exact) mass is 426 g/mol. The van der Waals surface area contributed by atoms with Gasteiger partial charge in [0.25, 0.3) is 5.79 Å². The van der Waals surface area contributed by atoms with Crippen molar-refractivity contribution in [3.05, 3.63) is 58.7 Å². The van der Waals surface area contributed by atoms with Crippen LogP contribution in [0.15, 0.2) is 42.0 Å². The van der Waals surface area contributed by atoms with Crippen molar-refractivity contribution in [2.24, 2.45) is 0 Å². The van der Waals surface area contributed by atoms with E-state index in [1.54, 1.807) is 36.4 Å². The molecule has 0 saturated carbocycles. The van der Waals surface area contributed by atoms with Crippen LogP contribution >= 0.6 is 0 Å². The Morgan fingerprint density at radius 1 is 0.871 bits per heavy atom. The standard InChI is InChI=1S/C23H22O8/c1-23(2)30-21(25)17(22(26)31-23)10-14-5-8-19(20(11-14)28-4)29-13-16-9-15(12-24)6-7-18(16)27-3/h5-12H,13H2,1-4H3. The molecule has 1 fully saturated rings. The summed E-state index contributed by atoms with van der Waals surface area (Å²) in [6.45, 7) is 3.10. The Labute approximate surface area is 179 Å². The molecular formula is C23H22O8. The molecule has 0 unspecified atom stereocenters. The number of carbonyl (C=O) groups excluding carboxylic acids is 3. The van der Waals surface area contributed by atoms with E-state index in [1.165, 1.54) is 34.1 Å². The van der Waals surface area contributed by atoms with Gasteiger partial charge in [0.2, 0.25) is 0 Å². The Balaban J connectivity index is 1.82. The molecule has 2 aromatic carbocycles. The number of hydrogen-bond donors (Lipinski definition) is 0. The number of hydrogen-bond acceptors (Lipinski definition) is 8. The van der Waals surface area contributed by atoms with E-state index in [0.717, 1.165) is 6.29 Å². The maximum atomic E-state index is 12.1. The highest BCUT2D eigenvalue weighted by Gasteiger charge is 2.38. The molecule has 0 N–H and O–H groups in total. The average molecular weight is 426 g/mol. The normalized spacial score (nSPS) is 14.9. The first-order chi connectivity index (χ1) is 14.8. The molecule has 31 heavy (non-hydrogen) atoms. The Morgan fingerprint density at radius 2 is 1.48 bits per heavy atom. The average Bonchev–Trinajstić information content (AvgIpc) is 2.74. The van der Waals surface area contributed by atoms with Crippen LogP contribution in [0.25, 0.3) is 6.08 Å². The number of cyclic esters (lactones) is 2. The Kier molecular flexibility index (Phi) is 6.29. The zero-order valence-electron chi connectivity index (χ0n) is 17.6. The van der Waals surface area contributed by atoms with E-state index in [4.69, 9.17) is 23.7 Å². The van der Waals surface area contributed by atoms with Crippen LogP contribution in [0.4, 0.5) is 0 Å². The maximum Gasteiger partial charge on any atom is 0.348 e. The minimum absolute atomic E-state index is 0.134. The summed E-state index contributed by atoms with van der Waals surface area (Å²) in [7, 11) is 3.00. The fourth-order valence-electron chi connectivity index (χ4n) is 2.98. The van der Waals surface area contributed by atoms with Gasteiger partial charge >= 0.3 is 11.9 Å². The van der Waals surface area contributed by atoms with Crippen LogP contribution in [0.3, 0.4) is 0 Å². The van der Waals surface area contributed by atoms with Gasteiger partial charge in [0.1, 0.15) is 24.2 Å². The molecule has 0 radical (unpaired) electrons. The molecule has 0 amide bonds. The fourth-order valence-corrected chi connectivity index (χ4v) is 2.98. The highest BCUT2D eigenvalue weighted by Crippen LogP contribution is 2.32. The lowest BCUT2D eigenvalue weighted by molar-refractivity contribution is -0.222. The molecule has 8 nitrogen and oxygen atoms in total. The SMILES string of the molecule is COc1ccc(C=O)cc1COc1ccc(C=C2C(=O)OC(C)(C)OC2=O)cc1OC. The second kappa shape index (κ2) is 8.91. The van der Waals surface area contributed by atoms with Crippen LogP contribution in [-0.2, 0) is 25.7 Å². The van der Waals surface area contributed by atoms with E-state index in [9.17, 15) is 14.4 Å².